The van der Waals surface area contributed by atoms with Gasteiger partial charge < -0.3 is 4.74 Å². The summed E-state index contributed by atoms with van der Waals surface area (Å²) in [6.45, 7) is 1.82. The number of aryl methyl sites for hydroxylation is 2. The van der Waals surface area contributed by atoms with Crippen LogP contribution in [0.15, 0.2) is 12.5 Å². The average molecular weight is 221 g/mol. The van der Waals surface area contributed by atoms with Crippen molar-refractivity contribution in [3.63, 3.8) is 0 Å². The van der Waals surface area contributed by atoms with Gasteiger partial charge in [-0.2, -0.15) is 9.97 Å². The van der Waals surface area contributed by atoms with E-state index in [0.29, 0.717) is 5.88 Å². The molecule has 8 nitrogen and oxygen atoms in total. The van der Waals surface area contributed by atoms with Crippen LogP contribution in [-0.4, -0.2) is 24.7 Å². The molecule has 0 fully saturated rings. The molecule has 0 spiro atoms. The maximum Gasteiger partial charge on any atom is 0.342 e. The Kier molecular flexibility index (Phi) is 2.64. The molecular formula is C8H11N7O. The molecule has 84 valence electrons. The topological polar surface area (TPSA) is 104 Å². The molecule has 0 saturated carbocycles. The molecule has 16 heavy (non-hydrogen) atoms. The molecule has 0 aliphatic carbocycles. The normalized spacial score (nSPS) is 10.2. The van der Waals surface area contributed by atoms with Gasteiger partial charge in [-0.05, 0) is 6.92 Å². The Bertz CT molecular complexity index is 495. The average Bonchev–Trinajstić information content (AvgIpc) is 2.67. The molecule has 0 aromatic carbocycles. The van der Waals surface area contributed by atoms with E-state index >= 15 is 0 Å². The molecule has 0 bridgehead atoms. The van der Waals surface area contributed by atoms with Crippen LogP contribution in [0.5, 0.6) is 11.9 Å². The quantitative estimate of drug-likeness (QED) is 0.555. The van der Waals surface area contributed by atoms with Crippen LogP contribution in [0.3, 0.4) is 0 Å². The number of nitrogens with zero attached hydrogens (tertiary/aromatic N) is 5. The van der Waals surface area contributed by atoms with Crippen molar-refractivity contribution in [2.45, 2.75) is 6.92 Å². The number of hydrogen-bond acceptors (Lipinski definition) is 7. The van der Waals surface area contributed by atoms with E-state index in [1.54, 1.807) is 13.2 Å². The van der Waals surface area contributed by atoms with Crippen molar-refractivity contribution < 1.29 is 4.74 Å². The monoisotopic (exact) mass is 221 g/mol. The van der Waals surface area contributed by atoms with Crippen LogP contribution in [0.1, 0.15) is 5.56 Å². The van der Waals surface area contributed by atoms with Gasteiger partial charge in [0.15, 0.2) is 0 Å². The van der Waals surface area contributed by atoms with Crippen molar-refractivity contribution in [2.24, 2.45) is 12.9 Å². The van der Waals surface area contributed by atoms with Crippen LogP contribution in [0.4, 0.5) is 5.95 Å². The van der Waals surface area contributed by atoms with Crippen molar-refractivity contribution in [1.29, 1.82) is 0 Å². The van der Waals surface area contributed by atoms with Crippen LogP contribution in [-0.2, 0) is 7.05 Å². The number of rotatable bonds is 3. The smallest absolute Gasteiger partial charge is 0.342 e. The zero-order chi connectivity index (χ0) is 11.5. The van der Waals surface area contributed by atoms with Crippen LogP contribution in [0.2, 0.25) is 0 Å². The lowest BCUT2D eigenvalue weighted by molar-refractivity contribution is 0.419. The minimum Gasteiger partial charge on any atom is -0.404 e. The molecule has 0 aliphatic rings. The Labute approximate surface area is 91.5 Å². The highest BCUT2D eigenvalue weighted by Crippen LogP contribution is 2.19. The van der Waals surface area contributed by atoms with Crippen LogP contribution < -0.4 is 16.0 Å². The third kappa shape index (κ3) is 2.06. The Morgan fingerprint density at radius 3 is 2.88 bits per heavy atom. The molecule has 0 unspecified atom stereocenters. The van der Waals surface area contributed by atoms with Crippen LogP contribution in [0, 0.1) is 6.92 Å². The standard InChI is InChI=1S/C8H11N7O/c1-5-3-10-7(13-9)12-6(5)16-8-11-4-15(2)14-8/h3-4H,9H2,1-2H3,(H,10,12,13). The minimum absolute atomic E-state index is 0.229. The van der Waals surface area contributed by atoms with E-state index in [-0.39, 0.29) is 12.0 Å². The molecule has 0 saturated heterocycles. The predicted molar refractivity (Wildman–Crippen MR) is 55.7 cm³/mol. The van der Waals surface area contributed by atoms with E-state index < -0.39 is 0 Å². The molecule has 0 radical (unpaired) electrons. The lowest BCUT2D eigenvalue weighted by Crippen LogP contribution is -2.11. The fourth-order valence-electron chi connectivity index (χ4n) is 1.05. The molecule has 0 amide bonds. The molecule has 2 heterocycles. The molecule has 2 aromatic rings. The zero-order valence-electron chi connectivity index (χ0n) is 8.88. The second kappa shape index (κ2) is 4.11. The van der Waals surface area contributed by atoms with Crippen molar-refractivity contribution in [2.75, 3.05) is 5.43 Å². The molecular weight excluding hydrogens is 210 g/mol. The lowest BCUT2D eigenvalue weighted by atomic mass is 10.4. The third-order valence-electron chi connectivity index (χ3n) is 1.82. The lowest BCUT2D eigenvalue weighted by Gasteiger charge is -2.04. The molecule has 8 heteroatoms. The second-order valence-electron chi connectivity index (χ2n) is 3.13. The summed E-state index contributed by atoms with van der Waals surface area (Å²) in [6.07, 6.45) is 3.13. The number of nitrogen functional groups attached to an aromatic ring is 1. The first-order valence-corrected chi connectivity index (χ1v) is 4.53. The number of hydrazine groups is 1. The van der Waals surface area contributed by atoms with Gasteiger partial charge in [0.2, 0.25) is 11.8 Å². The fraction of sp³-hybridized carbons (Fsp3) is 0.250. The summed E-state index contributed by atoms with van der Waals surface area (Å²) in [5.74, 6) is 5.84. The fourth-order valence-corrected chi connectivity index (χ4v) is 1.05. The molecule has 3 N–H and O–H groups in total. The van der Waals surface area contributed by atoms with Gasteiger partial charge in [0.1, 0.15) is 6.33 Å². The van der Waals surface area contributed by atoms with Gasteiger partial charge in [0.05, 0.1) is 0 Å². The van der Waals surface area contributed by atoms with E-state index in [1.165, 1.54) is 11.0 Å². The maximum atomic E-state index is 5.38. The number of nitrogens with two attached hydrogens (primary N) is 1. The van der Waals surface area contributed by atoms with Gasteiger partial charge in [0, 0.05) is 18.8 Å². The van der Waals surface area contributed by atoms with Gasteiger partial charge in [-0.1, -0.05) is 0 Å². The molecule has 0 aliphatic heterocycles. The van der Waals surface area contributed by atoms with Crippen LogP contribution >= 0.6 is 0 Å². The SMILES string of the molecule is Cc1cnc(NN)nc1Oc1ncn(C)n1. The summed E-state index contributed by atoms with van der Waals surface area (Å²) >= 11 is 0. The molecule has 2 aromatic heterocycles. The largest absolute Gasteiger partial charge is 0.404 e. The highest BCUT2D eigenvalue weighted by molar-refractivity contribution is 5.32. The second-order valence-corrected chi connectivity index (χ2v) is 3.13. The first-order valence-electron chi connectivity index (χ1n) is 4.53. The van der Waals surface area contributed by atoms with E-state index in [9.17, 15) is 0 Å². The van der Waals surface area contributed by atoms with E-state index in [1.807, 2.05) is 6.92 Å². The van der Waals surface area contributed by atoms with E-state index in [0.717, 1.165) is 5.56 Å². The first kappa shape index (κ1) is 10.3. The first-order chi connectivity index (χ1) is 7.69. The van der Waals surface area contributed by atoms with E-state index in [4.69, 9.17) is 10.6 Å². The highest BCUT2D eigenvalue weighted by Gasteiger charge is 2.08. The minimum atomic E-state index is 0.229. The number of nitrogens with one attached hydrogen (secondary N) is 1. The van der Waals surface area contributed by atoms with Gasteiger partial charge in [-0.3, -0.25) is 10.1 Å². The highest BCUT2D eigenvalue weighted by atomic mass is 16.5. The Morgan fingerprint density at radius 1 is 1.44 bits per heavy atom. The Hall–Kier alpha value is -2.22. The summed E-state index contributed by atoms with van der Waals surface area (Å²) in [5, 5.41) is 3.97. The zero-order valence-corrected chi connectivity index (χ0v) is 8.88. The van der Waals surface area contributed by atoms with Gasteiger partial charge >= 0.3 is 6.01 Å². The third-order valence-corrected chi connectivity index (χ3v) is 1.82. The van der Waals surface area contributed by atoms with Crippen molar-refractivity contribution in [1.82, 2.24) is 24.7 Å². The summed E-state index contributed by atoms with van der Waals surface area (Å²) in [7, 11) is 1.75. The number of ether oxygens (including phenoxy) is 1. The summed E-state index contributed by atoms with van der Waals surface area (Å²) < 4.78 is 6.92. The summed E-state index contributed by atoms with van der Waals surface area (Å²) in [5.41, 5.74) is 3.11. The van der Waals surface area contributed by atoms with Crippen molar-refractivity contribution in [3.8, 4) is 11.9 Å². The van der Waals surface area contributed by atoms with Gasteiger partial charge in [-0.15, -0.1) is 5.10 Å². The van der Waals surface area contributed by atoms with Crippen molar-refractivity contribution >= 4 is 5.95 Å². The Balaban J connectivity index is 2.26. The summed E-state index contributed by atoms with van der Waals surface area (Å²) in [4.78, 5) is 11.9. The predicted octanol–water partition coefficient (Wildman–Crippen LogP) is -0.00858. The van der Waals surface area contributed by atoms with Gasteiger partial charge in [0.25, 0.3) is 0 Å². The summed E-state index contributed by atoms with van der Waals surface area (Å²) in [6, 6.07) is 0.229. The number of hydrogen-bond donors (Lipinski definition) is 2. The molecule has 0 atom stereocenters. The maximum absolute atomic E-state index is 5.38. The van der Waals surface area contributed by atoms with Crippen molar-refractivity contribution in [3.05, 3.63) is 18.1 Å². The number of aromatic nitrogens is 5. The van der Waals surface area contributed by atoms with E-state index in [2.05, 4.69) is 25.5 Å². The van der Waals surface area contributed by atoms with Crippen LogP contribution in [0.25, 0.3) is 0 Å². The molecule has 2 rings (SSSR count). The Morgan fingerprint density at radius 2 is 2.25 bits per heavy atom. The van der Waals surface area contributed by atoms with Gasteiger partial charge in [-0.25, -0.2) is 10.8 Å². The number of anilines is 1.